The lowest BCUT2D eigenvalue weighted by atomic mass is 10.1. The quantitative estimate of drug-likeness (QED) is 0.754. The molecule has 0 aromatic heterocycles. The van der Waals surface area contributed by atoms with E-state index in [4.69, 9.17) is 0 Å². The van der Waals surface area contributed by atoms with Gasteiger partial charge < -0.3 is 5.32 Å². The number of thioether (sulfide) groups is 1. The molecular formula is C14H21NOS2. The second-order valence-electron chi connectivity index (χ2n) is 4.27. The predicted octanol–water partition coefficient (Wildman–Crippen LogP) is 2.79. The molecule has 100 valence electrons. The Morgan fingerprint density at radius 3 is 2.67 bits per heavy atom. The molecule has 1 rings (SSSR count). The van der Waals surface area contributed by atoms with Crippen molar-refractivity contribution in [2.24, 2.45) is 0 Å². The van der Waals surface area contributed by atoms with E-state index in [1.807, 2.05) is 49.0 Å². The molecule has 0 aliphatic carbocycles. The van der Waals surface area contributed by atoms with Gasteiger partial charge in [-0.05, 0) is 24.7 Å². The maximum atomic E-state index is 11.9. The van der Waals surface area contributed by atoms with E-state index in [1.165, 1.54) is 0 Å². The molecule has 0 fully saturated rings. The van der Waals surface area contributed by atoms with E-state index in [2.05, 4.69) is 24.9 Å². The van der Waals surface area contributed by atoms with Gasteiger partial charge in [-0.1, -0.05) is 37.3 Å². The SMILES string of the molecule is CCSCC(C)NC(=O)C(S)Cc1ccccc1. The number of amides is 1. The minimum Gasteiger partial charge on any atom is -0.352 e. The van der Waals surface area contributed by atoms with Gasteiger partial charge in [0.05, 0.1) is 5.25 Å². The summed E-state index contributed by atoms with van der Waals surface area (Å²) >= 11 is 6.22. The van der Waals surface area contributed by atoms with Crippen LogP contribution >= 0.6 is 24.4 Å². The highest BCUT2D eigenvalue weighted by molar-refractivity contribution is 7.99. The number of hydrogen-bond donors (Lipinski definition) is 2. The summed E-state index contributed by atoms with van der Waals surface area (Å²) in [6.45, 7) is 4.15. The van der Waals surface area contributed by atoms with Gasteiger partial charge in [-0.2, -0.15) is 24.4 Å². The van der Waals surface area contributed by atoms with E-state index >= 15 is 0 Å². The van der Waals surface area contributed by atoms with Gasteiger partial charge in [0.1, 0.15) is 0 Å². The van der Waals surface area contributed by atoms with E-state index < -0.39 is 0 Å². The molecule has 0 heterocycles. The van der Waals surface area contributed by atoms with Crippen LogP contribution in [0.25, 0.3) is 0 Å². The number of rotatable bonds is 7. The number of nitrogens with one attached hydrogen (secondary N) is 1. The summed E-state index contributed by atoms with van der Waals surface area (Å²) in [4.78, 5) is 11.9. The molecule has 1 aromatic rings. The van der Waals surface area contributed by atoms with Crippen LogP contribution in [0.2, 0.25) is 0 Å². The summed E-state index contributed by atoms with van der Waals surface area (Å²) in [6, 6.07) is 10.2. The molecule has 0 spiro atoms. The first-order chi connectivity index (χ1) is 8.63. The second kappa shape index (κ2) is 8.48. The van der Waals surface area contributed by atoms with Crippen molar-refractivity contribution in [2.45, 2.75) is 31.6 Å². The molecule has 2 atom stereocenters. The van der Waals surface area contributed by atoms with Crippen molar-refractivity contribution >= 4 is 30.3 Å². The average Bonchev–Trinajstić information content (AvgIpc) is 2.37. The summed E-state index contributed by atoms with van der Waals surface area (Å²) in [5, 5.41) is 2.72. The lowest BCUT2D eigenvalue weighted by molar-refractivity contribution is -0.120. The molecule has 18 heavy (non-hydrogen) atoms. The van der Waals surface area contributed by atoms with Gasteiger partial charge in [0.15, 0.2) is 0 Å². The fourth-order valence-corrected chi connectivity index (χ4v) is 2.56. The van der Waals surface area contributed by atoms with Crippen molar-refractivity contribution < 1.29 is 4.79 Å². The number of thiol groups is 1. The van der Waals surface area contributed by atoms with Crippen LogP contribution in [0.15, 0.2) is 30.3 Å². The Morgan fingerprint density at radius 1 is 1.39 bits per heavy atom. The van der Waals surface area contributed by atoms with Crippen LogP contribution in [0, 0.1) is 0 Å². The molecule has 1 N–H and O–H groups in total. The number of carbonyl (C=O) groups excluding carboxylic acids is 1. The fraction of sp³-hybridized carbons (Fsp3) is 0.500. The van der Waals surface area contributed by atoms with Crippen LogP contribution < -0.4 is 5.32 Å². The Bertz CT molecular complexity index is 356. The first-order valence-electron chi connectivity index (χ1n) is 6.23. The van der Waals surface area contributed by atoms with Crippen molar-refractivity contribution in [3.8, 4) is 0 Å². The maximum Gasteiger partial charge on any atom is 0.233 e. The van der Waals surface area contributed by atoms with Crippen molar-refractivity contribution in [2.75, 3.05) is 11.5 Å². The van der Waals surface area contributed by atoms with Gasteiger partial charge in [0.2, 0.25) is 5.91 Å². The van der Waals surface area contributed by atoms with E-state index in [0.29, 0.717) is 6.42 Å². The lowest BCUT2D eigenvalue weighted by Crippen LogP contribution is -2.40. The summed E-state index contributed by atoms with van der Waals surface area (Å²) in [7, 11) is 0. The Morgan fingerprint density at radius 2 is 2.06 bits per heavy atom. The van der Waals surface area contributed by atoms with Crippen LogP contribution in [0.5, 0.6) is 0 Å². The molecule has 4 heteroatoms. The van der Waals surface area contributed by atoms with Crippen LogP contribution in [-0.2, 0) is 11.2 Å². The van der Waals surface area contributed by atoms with Gasteiger partial charge in [-0.15, -0.1) is 0 Å². The fourth-order valence-electron chi connectivity index (χ4n) is 1.61. The maximum absolute atomic E-state index is 11.9. The molecule has 1 amide bonds. The standard InChI is InChI=1S/C14H21NOS2/c1-3-18-10-11(2)15-14(16)13(17)9-12-7-5-4-6-8-12/h4-8,11,13,17H,3,9-10H2,1-2H3,(H,15,16). The Hall–Kier alpha value is -0.610. The third-order valence-corrected chi connectivity index (χ3v) is 4.10. The molecule has 0 saturated heterocycles. The molecule has 2 unspecified atom stereocenters. The van der Waals surface area contributed by atoms with Crippen molar-refractivity contribution in [1.29, 1.82) is 0 Å². The Kier molecular flexibility index (Phi) is 7.28. The highest BCUT2D eigenvalue weighted by Crippen LogP contribution is 2.09. The van der Waals surface area contributed by atoms with E-state index in [9.17, 15) is 4.79 Å². The second-order valence-corrected chi connectivity index (χ2v) is 6.22. The normalized spacial score (nSPS) is 13.9. The highest BCUT2D eigenvalue weighted by Gasteiger charge is 2.16. The van der Waals surface area contributed by atoms with Gasteiger partial charge in [-0.3, -0.25) is 4.79 Å². The number of benzene rings is 1. The van der Waals surface area contributed by atoms with E-state index in [0.717, 1.165) is 17.1 Å². The lowest BCUT2D eigenvalue weighted by Gasteiger charge is -2.16. The smallest absolute Gasteiger partial charge is 0.233 e. The van der Waals surface area contributed by atoms with Crippen molar-refractivity contribution in [1.82, 2.24) is 5.32 Å². The first-order valence-corrected chi connectivity index (χ1v) is 7.90. The average molecular weight is 283 g/mol. The molecule has 0 radical (unpaired) electrons. The molecule has 0 bridgehead atoms. The molecule has 2 nitrogen and oxygen atoms in total. The molecule has 1 aromatic carbocycles. The van der Waals surface area contributed by atoms with E-state index in [-0.39, 0.29) is 17.2 Å². The van der Waals surface area contributed by atoms with Crippen molar-refractivity contribution in [3.63, 3.8) is 0 Å². The molecule has 0 aliphatic heterocycles. The van der Waals surface area contributed by atoms with Crippen LogP contribution in [0.1, 0.15) is 19.4 Å². The first kappa shape index (κ1) is 15.4. The highest BCUT2D eigenvalue weighted by atomic mass is 32.2. The van der Waals surface area contributed by atoms with E-state index in [1.54, 1.807) is 0 Å². The third-order valence-electron chi connectivity index (χ3n) is 2.54. The summed E-state index contributed by atoms with van der Waals surface area (Å²) < 4.78 is 0. The zero-order valence-electron chi connectivity index (χ0n) is 10.9. The van der Waals surface area contributed by atoms with Crippen LogP contribution in [0.4, 0.5) is 0 Å². The van der Waals surface area contributed by atoms with Crippen LogP contribution in [-0.4, -0.2) is 28.7 Å². The summed E-state index contributed by atoms with van der Waals surface area (Å²) in [6.07, 6.45) is 0.670. The molecule has 0 aliphatic rings. The van der Waals surface area contributed by atoms with Crippen molar-refractivity contribution in [3.05, 3.63) is 35.9 Å². The zero-order valence-corrected chi connectivity index (χ0v) is 12.6. The monoisotopic (exact) mass is 283 g/mol. The minimum absolute atomic E-state index is 0.0198. The topological polar surface area (TPSA) is 29.1 Å². The number of hydrogen-bond acceptors (Lipinski definition) is 3. The predicted molar refractivity (Wildman–Crippen MR) is 83.5 cm³/mol. The third kappa shape index (κ3) is 5.83. The Labute approximate surface area is 119 Å². The molecule has 0 saturated carbocycles. The summed E-state index contributed by atoms with van der Waals surface area (Å²) in [5.41, 5.74) is 1.14. The van der Waals surface area contributed by atoms with Gasteiger partial charge >= 0.3 is 0 Å². The molecular weight excluding hydrogens is 262 g/mol. The van der Waals surface area contributed by atoms with Crippen LogP contribution in [0.3, 0.4) is 0 Å². The van der Waals surface area contributed by atoms with Gasteiger partial charge in [-0.25, -0.2) is 0 Å². The summed E-state index contributed by atoms with van der Waals surface area (Å²) in [5.74, 6) is 2.05. The number of carbonyl (C=O) groups is 1. The Balaban J connectivity index is 2.37. The van der Waals surface area contributed by atoms with Gasteiger partial charge in [0, 0.05) is 11.8 Å². The largest absolute Gasteiger partial charge is 0.352 e. The zero-order chi connectivity index (χ0) is 13.4. The van der Waals surface area contributed by atoms with Gasteiger partial charge in [0.25, 0.3) is 0 Å². The minimum atomic E-state index is -0.276.